The monoisotopic (exact) mass is 288 g/mol. The number of anilines is 2. The average Bonchev–Trinajstić information content (AvgIpc) is 3.10. The Morgan fingerprint density at radius 1 is 1.45 bits per heavy atom. The summed E-state index contributed by atoms with van der Waals surface area (Å²) in [4.78, 5) is 15.5. The fraction of sp³-hybridized carbons (Fsp3) is 0.500. The number of rotatable bonds is 4. The van der Waals surface area contributed by atoms with Gasteiger partial charge in [-0.3, -0.25) is 4.79 Å². The van der Waals surface area contributed by atoms with Gasteiger partial charge >= 0.3 is 6.18 Å². The maximum absolute atomic E-state index is 12.6. The van der Waals surface area contributed by atoms with Crippen molar-refractivity contribution in [2.45, 2.75) is 38.0 Å². The van der Waals surface area contributed by atoms with Crippen LogP contribution in [0.1, 0.15) is 25.3 Å². The molecule has 1 atom stereocenters. The first-order valence-electron chi connectivity index (χ1n) is 6.17. The summed E-state index contributed by atoms with van der Waals surface area (Å²) in [5.74, 6) is -0.599. The van der Waals surface area contributed by atoms with Gasteiger partial charge in [-0.25, -0.2) is 4.98 Å². The lowest BCUT2D eigenvalue weighted by atomic mass is 10.2. The van der Waals surface area contributed by atoms with Crippen LogP contribution < -0.4 is 16.4 Å². The number of nitrogens with two attached hydrogens (primary N) is 1. The molecule has 1 aromatic heterocycles. The fourth-order valence-electron chi connectivity index (χ4n) is 1.63. The Labute approximate surface area is 113 Å². The highest BCUT2D eigenvalue weighted by molar-refractivity contribution is 5.84. The number of nitrogen functional groups attached to an aromatic ring is 1. The summed E-state index contributed by atoms with van der Waals surface area (Å²) in [6.07, 6.45) is -2.63. The average molecular weight is 288 g/mol. The number of nitrogens with zero attached hydrogens (tertiary/aromatic N) is 1. The van der Waals surface area contributed by atoms with Gasteiger partial charge in [0.15, 0.2) is 0 Å². The summed E-state index contributed by atoms with van der Waals surface area (Å²) in [6.45, 7) is 1.55. The van der Waals surface area contributed by atoms with Crippen LogP contribution in [0.3, 0.4) is 0 Å². The summed E-state index contributed by atoms with van der Waals surface area (Å²) >= 11 is 0. The molecule has 0 radical (unpaired) electrons. The molecule has 0 saturated heterocycles. The van der Waals surface area contributed by atoms with E-state index in [4.69, 9.17) is 5.73 Å². The Kier molecular flexibility index (Phi) is 3.74. The number of alkyl halides is 3. The predicted molar refractivity (Wildman–Crippen MR) is 67.9 cm³/mol. The second kappa shape index (κ2) is 5.18. The van der Waals surface area contributed by atoms with Crippen molar-refractivity contribution in [2.75, 3.05) is 11.1 Å². The number of hydrogen-bond donors (Lipinski definition) is 3. The van der Waals surface area contributed by atoms with E-state index in [-0.39, 0.29) is 23.6 Å². The Hall–Kier alpha value is -1.99. The van der Waals surface area contributed by atoms with Crippen molar-refractivity contribution in [3.63, 3.8) is 0 Å². The van der Waals surface area contributed by atoms with Crippen LogP contribution in [0, 0.1) is 0 Å². The molecule has 1 fully saturated rings. The zero-order chi connectivity index (χ0) is 14.9. The summed E-state index contributed by atoms with van der Waals surface area (Å²) in [5, 5.41) is 5.38. The Morgan fingerprint density at radius 3 is 2.65 bits per heavy atom. The number of nitrogens with one attached hydrogen (secondary N) is 2. The van der Waals surface area contributed by atoms with Crippen molar-refractivity contribution >= 4 is 17.5 Å². The van der Waals surface area contributed by atoms with Crippen molar-refractivity contribution in [3.8, 4) is 0 Å². The molecule has 1 aliphatic carbocycles. The molecular weight excluding hydrogens is 273 g/mol. The zero-order valence-electron chi connectivity index (χ0n) is 10.8. The van der Waals surface area contributed by atoms with E-state index < -0.39 is 17.8 Å². The van der Waals surface area contributed by atoms with E-state index in [9.17, 15) is 18.0 Å². The lowest BCUT2D eigenvalue weighted by Crippen LogP contribution is -2.38. The van der Waals surface area contributed by atoms with Crippen molar-refractivity contribution in [2.24, 2.45) is 0 Å². The van der Waals surface area contributed by atoms with Gasteiger partial charge in [-0.2, -0.15) is 13.2 Å². The molecule has 0 spiro atoms. The third-order valence-corrected chi connectivity index (χ3v) is 2.85. The van der Waals surface area contributed by atoms with Crippen LogP contribution in [0.25, 0.3) is 0 Å². The van der Waals surface area contributed by atoms with Gasteiger partial charge in [0.1, 0.15) is 17.7 Å². The minimum Gasteiger partial charge on any atom is -0.384 e. The normalized spacial score (nSPS) is 16.6. The van der Waals surface area contributed by atoms with Crippen molar-refractivity contribution in [1.29, 1.82) is 0 Å². The molecule has 5 nitrogen and oxygen atoms in total. The van der Waals surface area contributed by atoms with Gasteiger partial charge in [0.05, 0.1) is 5.56 Å². The van der Waals surface area contributed by atoms with E-state index in [0.717, 1.165) is 25.0 Å². The number of halogens is 3. The number of carbonyl (C=O) groups excluding carboxylic acids is 1. The van der Waals surface area contributed by atoms with Crippen LogP contribution in [-0.4, -0.2) is 23.0 Å². The molecule has 0 aromatic carbocycles. The summed E-state index contributed by atoms with van der Waals surface area (Å²) in [7, 11) is 0. The van der Waals surface area contributed by atoms with E-state index in [2.05, 4.69) is 15.6 Å². The van der Waals surface area contributed by atoms with Crippen LogP contribution >= 0.6 is 0 Å². The molecule has 1 heterocycles. The van der Waals surface area contributed by atoms with E-state index in [1.165, 1.54) is 0 Å². The molecule has 20 heavy (non-hydrogen) atoms. The Bertz CT molecular complexity index is 514. The van der Waals surface area contributed by atoms with E-state index in [0.29, 0.717) is 0 Å². The van der Waals surface area contributed by atoms with Gasteiger partial charge in [0.25, 0.3) is 0 Å². The molecule has 1 saturated carbocycles. The molecule has 2 rings (SSSR count). The summed E-state index contributed by atoms with van der Waals surface area (Å²) in [5.41, 5.74) is 4.45. The largest absolute Gasteiger partial charge is 0.416 e. The number of aromatic nitrogens is 1. The number of hydrogen-bond acceptors (Lipinski definition) is 4. The summed E-state index contributed by atoms with van der Waals surface area (Å²) in [6, 6.07) is 1.08. The van der Waals surface area contributed by atoms with Crippen molar-refractivity contribution < 1.29 is 18.0 Å². The molecule has 0 bridgehead atoms. The van der Waals surface area contributed by atoms with Gasteiger partial charge in [-0.15, -0.1) is 0 Å². The third kappa shape index (κ3) is 3.75. The minimum absolute atomic E-state index is 0.0734. The van der Waals surface area contributed by atoms with Crippen LogP contribution in [0.4, 0.5) is 24.8 Å². The minimum atomic E-state index is -4.51. The number of pyridine rings is 1. The SMILES string of the molecule is CC(Nc1cc(C(F)(F)F)cc(N)n1)C(=O)NC1CC1. The molecule has 110 valence electrons. The van der Waals surface area contributed by atoms with E-state index >= 15 is 0 Å². The first-order chi connectivity index (χ1) is 9.25. The second-order valence-electron chi connectivity index (χ2n) is 4.81. The van der Waals surface area contributed by atoms with Gasteiger partial charge in [-0.05, 0) is 31.9 Å². The van der Waals surface area contributed by atoms with Gasteiger partial charge in [-0.1, -0.05) is 0 Å². The van der Waals surface area contributed by atoms with E-state index in [1.54, 1.807) is 6.92 Å². The predicted octanol–water partition coefficient (Wildman–Crippen LogP) is 1.76. The number of carbonyl (C=O) groups is 1. The molecular formula is C12H15F3N4O. The summed E-state index contributed by atoms with van der Waals surface area (Å²) < 4.78 is 37.9. The van der Waals surface area contributed by atoms with Crippen LogP contribution in [0.15, 0.2) is 12.1 Å². The van der Waals surface area contributed by atoms with Crippen molar-refractivity contribution in [3.05, 3.63) is 17.7 Å². The molecule has 8 heteroatoms. The quantitative estimate of drug-likeness (QED) is 0.788. The van der Waals surface area contributed by atoms with Gasteiger partial charge in [0.2, 0.25) is 5.91 Å². The molecule has 1 aromatic rings. The Balaban J connectivity index is 2.08. The topological polar surface area (TPSA) is 80.0 Å². The zero-order valence-corrected chi connectivity index (χ0v) is 10.8. The van der Waals surface area contributed by atoms with Crippen LogP contribution in [-0.2, 0) is 11.0 Å². The van der Waals surface area contributed by atoms with E-state index in [1.807, 2.05) is 0 Å². The first-order valence-corrected chi connectivity index (χ1v) is 6.17. The highest BCUT2D eigenvalue weighted by atomic mass is 19.4. The maximum atomic E-state index is 12.6. The maximum Gasteiger partial charge on any atom is 0.416 e. The first kappa shape index (κ1) is 14.4. The van der Waals surface area contributed by atoms with Crippen molar-refractivity contribution in [1.82, 2.24) is 10.3 Å². The van der Waals surface area contributed by atoms with Gasteiger partial charge < -0.3 is 16.4 Å². The molecule has 0 aliphatic heterocycles. The smallest absolute Gasteiger partial charge is 0.384 e. The Morgan fingerprint density at radius 2 is 2.10 bits per heavy atom. The highest BCUT2D eigenvalue weighted by Gasteiger charge is 2.32. The third-order valence-electron chi connectivity index (χ3n) is 2.85. The van der Waals surface area contributed by atoms with Crippen LogP contribution in [0.5, 0.6) is 0 Å². The highest BCUT2D eigenvalue weighted by Crippen LogP contribution is 2.31. The van der Waals surface area contributed by atoms with Crippen LogP contribution in [0.2, 0.25) is 0 Å². The molecule has 1 unspecified atom stereocenters. The van der Waals surface area contributed by atoms with Gasteiger partial charge in [0, 0.05) is 6.04 Å². The number of amides is 1. The molecule has 4 N–H and O–H groups in total. The lowest BCUT2D eigenvalue weighted by Gasteiger charge is -2.16. The lowest BCUT2D eigenvalue weighted by molar-refractivity contribution is -0.137. The molecule has 1 amide bonds. The second-order valence-corrected chi connectivity index (χ2v) is 4.81. The molecule has 1 aliphatic rings. The fourth-order valence-corrected chi connectivity index (χ4v) is 1.63. The standard InChI is InChI=1S/C12H15F3N4O/c1-6(11(20)18-8-2-3-8)17-10-5-7(12(13,14)15)4-9(16)19-10/h4-6,8H,2-3H2,1H3,(H,18,20)(H3,16,17,19).